The maximum Gasteiger partial charge on any atom is 0.330 e. The van der Waals surface area contributed by atoms with Crippen LogP contribution in [0.4, 0.5) is 0 Å². The number of hydrogen-bond acceptors (Lipinski definition) is 4. The average Bonchev–Trinajstić information content (AvgIpc) is 2.28. The monoisotopic (exact) mass is 266 g/mol. The molecule has 0 aliphatic rings. The van der Waals surface area contributed by atoms with Gasteiger partial charge >= 0.3 is 7.60 Å². The van der Waals surface area contributed by atoms with E-state index in [0.717, 1.165) is 25.7 Å². The predicted octanol–water partition coefficient (Wildman–Crippen LogP) is 3.58. The van der Waals surface area contributed by atoms with Crippen molar-refractivity contribution in [1.82, 2.24) is 0 Å². The Hall–Kier alpha value is 0.110. The molecule has 5 heteroatoms. The van der Waals surface area contributed by atoms with Crippen LogP contribution in [0.15, 0.2) is 0 Å². The van der Waals surface area contributed by atoms with Gasteiger partial charge in [0.05, 0.1) is 25.5 Å². The average molecular weight is 266 g/mol. The Bertz CT molecular complexity index is 211. The molecule has 0 spiro atoms. The summed E-state index contributed by atoms with van der Waals surface area (Å²) in [6.45, 7) is 6.48. The molecule has 1 unspecified atom stereocenters. The first-order chi connectivity index (χ1) is 8.08. The molecule has 0 saturated heterocycles. The van der Waals surface area contributed by atoms with E-state index in [4.69, 9.17) is 9.05 Å². The first-order valence-corrected chi connectivity index (χ1v) is 8.37. The van der Waals surface area contributed by atoms with E-state index in [1.807, 2.05) is 0 Å². The van der Waals surface area contributed by atoms with Gasteiger partial charge in [-0.05, 0) is 26.7 Å². The topological polar surface area (TPSA) is 55.8 Å². The van der Waals surface area contributed by atoms with E-state index in [-0.39, 0.29) is 0 Å². The van der Waals surface area contributed by atoms with Crippen LogP contribution in [-0.2, 0) is 13.6 Å². The lowest BCUT2D eigenvalue weighted by molar-refractivity contribution is 0.151. The minimum Gasteiger partial charge on any atom is -0.393 e. The first kappa shape index (κ1) is 17.1. The minimum atomic E-state index is -2.97. The Kier molecular flexibility index (Phi) is 10.1. The molecular weight excluding hydrogens is 239 g/mol. The van der Waals surface area contributed by atoms with Gasteiger partial charge in [-0.3, -0.25) is 4.57 Å². The van der Waals surface area contributed by atoms with Crippen LogP contribution in [0.5, 0.6) is 0 Å². The zero-order valence-corrected chi connectivity index (χ0v) is 12.2. The fourth-order valence-corrected chi connectivity index (χ4v) is 3.37. The van der Waals surface area contributed by atoms with E-state index >= 15 is 0 Å². The Morgan fingerprint density at radius 3 is 2.12 bits per heavy atom. The van der Waals surface area contributed by atoms with Crippen molar-refractivity contribution in [2.24, 2.45) is 0 Å². The molecule has 0 radical (unpaired) electrons. The van der Waals surface area contributed by atoms with Crippen molar-refractivity contribution in [3.05, 3.63) is 0 Å². The molecule has 1 atom stereocenters. The summed E-state index contributed by atoms with van der Waals surface area (Å²) < 4.78 is 22.4. The molecule has 0 aliphatic heterocycles. The van der Waals surface area contributed by atoms with E-state index in [2.05, 4.69) is 6.92 Å². The highest BCUT2D eigenvalue weighted by Crippen LogP contribution is 2.48. The quantitative estimate of drug-likeness (QED) is 0.458. The highest BCUT2D eigenvalue weighted by atomic mass is 31.2. The Morgan fingerprint density at radius 2 is 1.65 bits per heavy atom. The number of hydrogen-bond donors (Lipinski definition) is 1. The molecule has 0 saturated carbocycles. The minimum absolute atomic E-state index is 0.308. The number of rotatable bonds is 11. The largest absolute Gasteiger partial charge is 0.393 e. The van der Waals surface area contributed by atoms with Crippen LogP contribution < -0.4 is 0 Å². The van der Waals surface area contributed by atoms with Gasteiger partial charge in [-0.1, -0.05) is 26.2 Å². The highest BCUT2D eigenvalue weighted by molar-refractivity contribution is 7.53. The van der Waals surface area contributed by atoms with E-state index in [0.29, 0.717) is 25.8 Å². The smallest absolute Gasteiger partial charge is 0.330 e. The van der Waals surface area contributed by atoms with Gasteiger partial charge in [0.25, 0.3) is 0 Å². The molecule has 0 aliphatic carbocycles. The Morgan fingerprint density at radius 1 is 1.06 bits per heavy atom. The molecule has 0 rings (SSSR count). The van der Waals surface area contributed by atoms with Gasteiger partial charge < -0.3 is 14.2 Å². The zero-order valence-electron chi connectivity index (χ0n) is 11.4. The summed E-state index contributed by atoms with van der Waals surface area (Å²) in [5, 5.41) is 9.74. The molecule has 0 fully saturated rings. The molecule has 0 aromatic rings. The molecular formula is C12H27O4P. The molecule has 4 nitrogen and oxygen atoms in total. The second-order valence-electron chi connectivity index (χ2n) is 4.11. The SMILES string of the molecule is CCCCCC(O)CCP(=O)(OCC)OCC. The van der Waals surface area contributed by atoms with E-state index in [9.17, 15) is 9.67 Å². The third kappa shape index (κ3) is 8.78. The van der Waals surface area contributed by atoms with E-state index in [1.165, 1.54) is 0 Å². The predicted molar refractivity (Wildman–Crippen MR) is 70.5 cm³/mol. The summed E-state index contributed by atoms with van der Waals surface area (Å²) in [5.41, 5.74) is 0. The Balaban J connectivity index is 3.90. The van der Waals surface area contributed by atoms with E-state index < -0.39 is 13.7 Å². The van der Waals surface area contributed by atoms with Gasteiger partial charge in [0, 0.05) is 0 Å². The molecule has 0 amide bonds. The van der Waals surface area contributed by atoms with Crippen LogP contribution >= 0.6 is 7.60 Å². The van der Waals surface area contributed by atoms with Gasteiger partial charge in [0.15, 0.2) is 0 Å². The lowest BCUT2D eigenvalue weighted by Crippen LogP contribution is -2.11. The fraction of sp³-hybridized carbons (Fsp3) is 1.00. The molecule has 1 N–H and O–H groups in total. The van der Waals surface area contributed by atoms with Gasteiger partial charge in [-0.2, -0.15) is 0 Å². The number of unbranched alkanes of at least 4 members (excludes halogenated alkanes) is 2. The summed E-state index contributed by atoms with van der Waals surface area (Å²) >= 11 is 0. The van der Waals surface area contributed by atoms with Gasteiger partial charge in [0.1, 0.15) is 0 Å². The Labute approximate surface area is 105 Å². The maximum atomic E-state index is 12.1. The van der Waals surface area contributed by atoms with Crippen LogP contribution in [0, 0.1) is 0 Å². The zero-order chi connectivity index (χ0) is 13.1. The third-order valence-electron chi connectivity index (χ3n) is 2.53. The van der Waals surface area contributed by atoms with Crippen molar-refractivity contribution in [2.75, 3.05) is 19.4 Å². The van der Waals surface area contributed by atoms with Crippen LogP contribution in [0.2, 0.25) is 0 Å². The van der Waals surface area contributed by atoms with Gasteiger partial charge in [-0.25, -0.2) is 0 Å². The molecule has 0 aromatic heterocycles. The summed E-state index contributed by atoms with van der Waals surface area (Å²) in [5.74, 6) is 0. The lowest BCUT2D eigenvalue weighted by Gasteiger charge is -2.18. The molecule has 0 heterocycles. The van der Waals surface area contributed by atoms with E-state index in [1.54, 1.807) is 13.8 Å². The first-order valence-electron chi connectivity index (χ1n) is 6.64. The molecule has 17 heavy (non-hydrogen) atoms. The second kappa shape index (κ2) is 10.1. The molecule has 104 valence electrons. The summed E-state index contributed by atoms with van der Waals surface area (Å²) in [6.07, 6.45) is 4.46. The van der Waals surface area contributed by atoms with Crippen LogP contribution in [0.25, 0.3) is 0 Å². The van der Waals surface area contributed by atoms with Crippen LogP contribution in [0.1, 0.15) is 52.9 Å². The van der Waals surface area contributed by atoms with Gasteiger partial charge in [-0.15, -0.1) is 0 Å². The van der Waals surface area contributed by atoms with Crippen molar-refractivity contribution < 1.29 is 18.7 Å². The summed E-state index contributed by atoms with van der Waals surface area (Å²) in [7, 11) is -2.97. The van der Waals surface area contributed by atoms with Crippen molar-refractivity contribution in [1.29, 1.82) is 0 Å². The molecule has 0 bridgehead atoms. The summed E-state index contributed by atoms with van der Waals surface area (Å²) in [4.78, 5) is 0. The standard InChI is InChI=1S/C12H27O4P/c1-4-7-8-9-12(13)10-11-17(14,15-5-2)16-6-3/h12-13H,4-11H2,1-3H3. The van der Waals surface area contributed by atoms with Crippen LogP contribution in [-0.4, -0.2) is 30.6 Å². The van der Waals surface area contributed by atoms with Crippen LogP contribution in [0.3, 0.4) is 0 Å². The van der Waals surface area contributed by atoms with Crippen molar-refractivity contribution >= 4 is 7.60 Å². The number of aliphatic hydroxyl groups excluding tert-OH is 1. The van der Waals surface area contributed by atoms with Crippen molar-refractivity contribution in [2.45, 2.75) is 59.0 Å². The fourth-order valence-electron chi connectivity index (χ4n) is 1.64. The van der Waals surface area contributed by atoms with Gasteiger partial charge in [0.2, 0.25) is 0 Å². The highest BCUT2D eigenvalue weighted by Gasteiger charge is 2.24. The maximum absolute atomic E-state index is 12.1. The van der Waals surface area contributed by atoms with Crippen molar-refractivity contribution in [3.63, 3.8) is 0 Å². The normalized spacial score (nSPS) is 13.9. The lowest BCUT2D eigenvalue weighted by atomic mass is 10.1. The second-order valence-corrected chi connectivity index (χ2v) is 6.29. The third-order valence-corrected chi connectivity index (χ3v) is 4.64. The molecule has 0 aromatic carbocycles. The number of aliphatic hydroxyl groups is 1. The van der Waals surface area contributed by atoms with Crippen molar-refractivity contribution in [3.8, 4) is 0 Å². The summed E-state index contributed by atoms with van der Waals surface area (Å²) in [6, 6.07) is 0.